The Hall–Kier alpha value is -1.02. The number of hydrogen-bond acceptors (Lipinski definition) is 2. The van der Waals surface area contributed by atoms with E-state index in [1.807, 2.05) is 0 Å². The lowest BCUT2D eigenvalue weighted by molar-refractivity contribution is 0.0556. The summed E-state index contributed by atoms with van der Waals surface area (Å²) in [5.74, 6) is 1.17. The van der Waals surface area contributed by atoms with Crippen LogP contribution in [0.2, 0.25) is 0 Å². The third-order valence-corrected chi connectivity index (χ3v) is 4.24. The number of anilines is 1. The van der Waals surface area contributed by atoms with Crippen molar-refractivity contribution in [2.45, 2.75) is 39.2 Å². The molecule has 0 aromatic heterocycles. The predicted molar refractivity (Wildman–Crippen MR) is 77.0 cm³/mol. The summed E-state index contributed by atoms with van der Waals surface area (Å²) in [4.78, 5) is 2.29. The number of benzene rings is 1. The average Bonchev–Trinajstić information content (AvgIpc) is 2.34. The molecule has 0 spiro atoms. The second-order valence-corrected chi connectivity index (χ2v) is 5.91. The molecule has 1 aromatic carbocycles. The van der Waals surface area contributed by atoms with E-state index in [9.17, 15) is 5.11 Å². The lowest BCUT2D eigenvalue weighted by Gasteiger charge is -2.35. The van der Waals surface area contributed by atoms with Gasteiger partial charge in [0.05, 0.1) is 6.10 Å². The van der Waals surface area contributed by atoms with Crippen LogP contribution in [0.4, 0.5) is 5.69 Å². The first-order valence-electron chi connectivity index (χ1n) is 7.02. The summed E-state index contributed by atoms with van der Waals surface area (Å²) in [7, 11) is 2.13. The van der Waals surface area contributed by atoms with Crippen molar-refractivity contribution in [1.82, 2.24) is 0 Å². The second-order valence-electron chi connectivity index (χ2n) is 5.91. The van der Waals surface area contributed by atoms with E-state index in [1.54, 1.807) is 0 Å². The topological polar surface area (TPSA) is 23.5 Å². The zero-order valence-electron chi connectivity index (χ0n) is 11.8. The van der Waals surface area contributed by atoms with Crippen molar-refractivity contribution >= 4 is 5.69 Å². The number of para-hydroxylation sites is 1. The minimum absolute atomic E-state index is 0.118. The van der Waals surface area contributed by atoms with Crippen molar-refractivity contribution < 1.29 is 5.11 Å². The standard InChI is InChI=1S/C16H25NO/c1-12-8-9-16(18)14(10-12)11-17(3)15-7-5-4-6-13(15)2/h4-7,12,14,16,18H,8-11H2,1-3H3. The first-order valence-corrected chi connectivity index (χ1v) is 7.02. The van der Waals surface area contributed by atoms with Crippen LogP contribution >= 0.6 is 0 Å². The van der Waals surface area contributed by atoms with E-state index < -0.39 is 0 Å². The van der Waals surface area contributed by atoms with Crippen LogP contribution in [0.15, 0.2) is 24.3 Å². The van der Waals surface area contributed by atoms with E-state index >= 15 is 0 Å². The Morgan fingerprint density at radius 2 is 2.00 bits per heavy atom. The molecule has 1 aliphatic rings. The van der Waals surface area contributed by atoms with Crippen LogP contribution in [0.5, 0.6) is 0 Å². The van der Waals surface area contributed by atoms with E-state index in [1.165, 1.54) is 17.7 Å². The van der Waals surface area contributed by atoms with Crippen molar-refractivity contribution in [2.24, 2.45) is 11.8 Å². The summed E-state index contributed by atoms with van der Waals surface area (Å²) < 4.78 is 0. The smallest absolute Gasteiger partial charge is 0.0585 e. The molecule has 0 bridgehead atoms. The van der Waals surface area contributed by atoms with Gasteiger partial charge in [0.1, 0.15) is 0 Å². The van der Waals surface area contributed by atoms with E-state index in [0.29, 0.717) is 5.92 Å². The fourth-order valence-corrected chi connectivity index (χ4v) is 3.12. The molecule has 2 rings (SSSR count). The zero-order valence-corrected chi connectivity index (χ0v) is 11.8. The van der Waals surface area contributed by atoms with Gasteiger partial charge in [0.2, 0.25) is 0 Å². The highest BCUT2D eigenvalue weighted by atomic mass is 16.3. The highest BCUT2D eigenvalue weighted by Crippen LogP contribution is 2.30. The Kier molecular flexibility index (Phi) is 4.28. The molecule has 2 heteroatoms. The summed E-state index contributed by atoms with van der Waals surface area (Å²) in [6, 6.07) is 8.46. The Morgan fingerprint density at radius 1 is 1.28 bits per heavy atom. The zero-order chi connectivity index (χ0) is 13.1. The molecule has 3 unspecified atom stereocenters. The number of aliphatic hydroxyl groups excluding tert-OH is 1. The van der Waals surface area contributed by atoms with Gasteiger partial charge < -0.3 is 10.0 Å². The van der Waals surface area contributed by atoms with E-state index in [0.717, 1.165) is 25.3 Å². The number of rotatable bonds is 3. The average molecular weight is 247 g/mol. The molecule has 0 heterocycles. The van der Waals surface area contributed by atoms with Gasteiger partial charge in [0.25, 0.3) is 0 Å². The quantitative estimate of drug-likeness (QED) is 0.886. The number of aliphatic hydroxyl groups is 1. The monoisotopic (exact) mass is 247 g/mol. The molecule has 1 fully saturated rings. The van der Waals surface area contributed by atoms with Crippen molar-refractivity contribution in [3.63, 3.8) is 0 Å². The minimum atomic E-state index is -0.118. The third-order valence-electron chi connectivity index (χ3n) is 4.24. The van der Waals surface area contributed by atoms with Crippen LogP contribution in [0.25, 0.3) is 0 Å². The largest absolute Gasteiger partial charge is 0.393 e. The lowest BCUT2D eigenvalue weighted by atomic mass is 9.80. The molecule has 2 nitrogen and oxygen atoms in total. The predicted octanol–water partition coefficient (Wildman–Crippen LogP) is 3.23. The first kappa shape index (κ1) is 13.4. The van der Waals surface area contributed by atoms with Crippen LogP contribution in [-0.4, -0.2) is 24.8 Å². The van der Waals surface area contributed by atoms with Crippen LogP contribution in [0.1, 0.15) is 31.7 Å². The number of aryl methyl sites for hydroxylation is 1. The number of nitrogens with zero attached hydrogens (tertiary/aromatic N) is 1. The molecule has 1 N–H and O–H groups in total. The van der Waals surface area contributed by atoms with Crippen molar-refractivity contribution in [2.75, 3.05) is 18.5 Å². The van der Waals surface area contributed by atoms with Gasteiger partial charge >= 0.3 is 0 Å². The Bertz CT molecular complexity index is 390. The molecule has 1 saturated carbocycles. The van der Waals surface area contributed by atoms with Gasteiger partial charge in [-0.3, -0.25) is 0 Å². The number of hydrogen-bond donors (Lipinski definition) is 1. The maximum atomic E-state index is 10.1. The van der Waals surface area contributed by atoms with Crippen LogP contribution in [0, 0.1) is 18.8 Å². The van der Waals surface area contributed by atoms with Gasteiger partial charge in [0, 0.05) is 25.2 Å². The normalized spacial score (nSPS) is 28.1. The van der Waals surface area contributed by atoms with E-state index in [-0.39, 0.29) is 6.10 Å². The SMILES string of the molecule is Cc1ccccc1N(C)CC1CC(C)CCC1O. The molecule has 0 aliphatic heterocycles. The summed E-state index contributed by atoms with van der Waals surface area (Å²) in [5.41, 5.74) is 2.58. The molecular formula is C16H25NO. The molecular weight excluding hydrogens is 222 g/mol. The summed E-state index contributed by atoms with van der Waals surface area (Å²) >= 11 is 0. The van der Waals surface area contributed by atoms with Gasteiger partial charge in [-0.1, -0.05) is 25.1 Å². The molecule has 0 radical (unpaired) electrons. The molecule has 0 saturated heterocycles. The molecule has 18 heavy (non-hydrogen) atoms. The van der Waals surface area contributed by atoms with Gasteiger partial charge in [0.15, 0.2) is 0 Å². The highest BCUT2D eigenvalue weighted by molar-refractivity contribution is 5.52. The Balaban J connectivity index is 2.02. The van der Waals surface area contributed by atoms with E-state index in [4.69, 9.17) is 0 Å². The minimum Gasteiger partial charge on any atom is -0.393 e. The lowest BCUT2D eigenvalue weighted by Crippen LogP contribution is -2.37. The third kappa shape index (κ3) is 3.05. The van der Waals surface area contributed by atoms with Crippen molar-refractivity contribution in [1.29, 1.82) is 0 Å². The van der Waals surface area contributed by atoms with Crippen molar-refractivity contribution in [3.8, 4) is 0 Å². The van der Waals surface area contributed by atoms with Gasteiger partial charge in [-0.15, -0.1) is 0 Å². The van der Waals surface area contributed by atoms with Crippen LogP contribution in [0.3, 0.4) is 0 Å². The first-order chi connectivity index (χ1) is 8.58. The Labute approximate surface area is 111 Å². The van der Waals surface area contributed by atoms with Crippen LogP contribution < -0.4 is 4.90 Å². The van der Waals surface area contributed by atoms with Crippen molar-refractivity contribution in [3.05, 3.63) is 29.8 Å². The Morgan fingerprint density at radius 3 is 2.72 bits per heavy atom. The molecule has 1 aliphatic carbocycles. The highest BCUT2D eigenvalue weighted by Gasteiger charge is 2.28. The molecule has 0 amide bonds. The van der Waals surface area contributed by atoms with E-state index in [2.05, 4.69) is 50.1 Å². The van der Waals surface area contributed by atoms with Crippen LogP contribution in [-0.2, 0) is 0 Å². The second kappa shape index (κ2) is 5.75. The molecule has 1 aromatic rings. The summed E-state index contributed by atoms with van der Waals surface area (Å²) in [6.45, 7) is 5.40. The van der Waals surface area contributed by atoms with Gasteiger partial charge in [-0.25, -0.2) is 0 Å². The fourth-order valence-electron chi connectivity index (χ4n) is 3.12. The maximum Gasteiger partial charge on any atom is 0.0585 e. The van der Waals surface area contributed by atoms with Gasteiger partial charge in [-0.2, -0.15) is 0 Å². The molecule has 100 valence electrons. The summed E-state index contributed by atoms with van der Waals surface area (Å²) in [6.07, 6.45) is 3.17. The fraction of sp³-hybridized carbons (Fsp3) is 0.625. The van der Waals surface area contributed by atoms with Gasteiger partial charge in [-0.05, 0) is 43.7 Å². The molecule has 3 atom stereocenters. The maximum absolute atomic E-state index is 10.1. The summed E-state index contributed by atoms with van der Waals surface area (Å²) in [5, 5.41) is 10.1.